The molecule has 0 saturated heterocycles. The number of rotatable bonds is 7. The van der Waals surface area contributed by atoms with Crippen LogP contribution in [-0.4, -0.2) is 27.5 Å². The zero-order valence-electron chi connectivity index (χ0n) is 18.0. The van der Waals surface area contributed by atoms with Crippen molar-refractivity contribution in [3.63, 3.8) is 0 Å². The van der Waals surface area contributed by atoms with Crippen molar-refractivity contribution in [3.8, 4) is 0 Å². The SMILES string of the molecule is O=C(CSc1nc2ccccc2[nH]1)Nc1sc2c(c1C(=O)NCc1ccccc1)CCCC2. The number of fused-ring (bicyclic) bond motifs is 2. The van der Waals surface area contributed by atoms with Crippen LogP contribution in [0.1, 0.15) is 39.2 Å². The minimum Gasteiger partial charge on any atom is -0.348 e. The Kier molecular flexibility index (Phi) is 6.46. The Morgan fingerprint density at radius 2 is 1.82 bits per heavy atom. The number of aromatic nitrogens is 2. The molecule has 2 aromatic carbocycles. The van der Waals surface area contributed by atoms with Gasteiger partial charge < -0.3 is 15.6 Å². The van der Waals surface area contributed by atoms with Crippen LogP contribution >= 0.6 is 23.1 Å². The standard InChI is InChI=1S/C25H24N4O2S2/c30-21(15-32-25-27-18-11-5-6-12-19(18)28-25)29-24-22(17-10-4-7-13-20(17)33-24)23(31)26-14-16-8-2-1-3-9-16/h1-3,5-6,8-9,11-12H,4,7,10,13-15H2,(H,26,31)(H,27,28)(H,29,30). The van der Waals surface area contributed by atoms with Gasteiger partial charge in [-0.25, -0.2) is 4.98 Å². The van der Waals surface area contributed by atoms with E-state index in [1.165, 1.54) is 16.6 Å². The van der Waals surface area contributed by atoms with Gasteiger partial charge in [0, 0.05) is 11.4 Å². The van der Waals surface area contributed by atoms with E-state index in [0.29, 0.717) is 22.3 Å². The first-order valence-corrected chi connectivity index (χ1v) is 12.8. The molecule has 0 spiro atoms. The second kappa shape index (κ2) is 9.80. The summed E-state index contributed by atoms with van der Waals surface area (Å²) in [5, 5.41) is 7.40. The number of benzene rings is 2. The Bertz CT molecular complexity index is 1260. The number of aryl methyl sites for hydroxylation is 1. The van der Waals surface area contributed by atoms with E-state index in [0.717, 1.165) is 47.8 Å². The summed E-state index contributed by atoms with van der Waals surface area (Å²) in [6.45, 7) is 0.458. The molecule has 0 aliphatic heterocycles. The van der Waals surface area contributed by atoms with Crippen molar-refractivity contribution in [2.45, 2.75) is 37.4 Å². The van der Waals surface area contributed by atoms with E-state index >= 15 is 0 Å². The van der Waals surface area contributed by atoms with Crippen molar-refractivity contribution < 1.29 is 9.59 Å². The van der Waals surface area contributed by atoms with Crippen LogP contribution in [0.15, 0.2) is 59.8 Å². The smallest absolute Gasteiger partial charge is 0.254 e. The van der Waals surface area contributed by atoms with Crippen molar-refractivity contribution in [1.82, 2.24) is 15.3 Å². The quantitative estimate of drug-likeness (QED) is 0.322. The minimum absolute atomic E-state index is 0.126. The summed E-state index contributed by atoms with van der Waals surface area (Å²) in [5.41, 5.74) is 4.60. The molecule has 5 rings (SSSR count). The summed E-state index contributed by atoms with van der Waals surface area (Å²) >= 11 is 2.90. The molecule has 0 fully saturated rings. The number of imidazole rings is 1. The molecule has 3 N–H and O–H groups in total. The number of H-pyrrole nitrogens is 1. The lowest BCUT2D eigenvalue weighted by Gasteiger charge is -2.13. The number of thioether (sulfide) groups is 1. The van der Waals surface area contributed by atoms with Gasteiger partial charge in [0.05, 0.1) is 22.3 Å². The minimum atomic E-state index is -0.142. The topological polar surface area (TPSA) is 86.9 Å². The molecular formula is C25H24N4O2S2. The van der Waals surface area contributed by atoms with E-state index in [2.05, 4.69) is 20.6 Å². The highest BCUT2D eigenvalue weighted by molar-refractivity contribution is 7.99. The Morgan fingerprint density at radius 3 is 2.67 bits per heavy atom. The number of aromatic amines is 1. The second-order valence-corrected chi connectivity index (χ2v) is 10.0. The molecule has 1 aliphatic carbocycles. The molecule has 168 valence electrons. The third-order valence-electron chi connectivity index (χ3n) is 5.65. The largest absolute Gasteiger partial charge is 0.348 e. The Morgan fingerprint density at radius 1 is 1.03 bits per heavy atom. The summed E-state index contributed by atoms with van der Waals surface area (Å²) in [6, 6.07) is 17.6. The van der Waals surface area contributed by atoms with Gasteiger partial charge in [0.25, 0.3) is 5.91 Å². The molecule has 33 heavy (non-hydrogen) atoms. The molecule has 0 radical (unpaired) electrons. The predicted octanol–water partition coefficient (Wildman–Crippen LogP) is 5.16. The van der Waals surface area contributed by atoms with Gasteiger partial charge in [0.2, 0.25) is 5.91 Å². The van der Waals surface area contributed by atoms with Gasteiger partial charge in [-0.1, -0.05) is 54.2 Å². The molecule has 6 nitrogen and oxygen atoms in total. The first-order chi connectivity index (χ1) is 16.2. The van der Waals surface area contributed by atoms with Crippen LogP contribution in [0.3, 0.4) is 0 Å². The summed E-state index contributed by atoms with van der Waals surface area (Å²) in [6.07, 6.45) is 4.03. The zero-order valence-corrected chi connectivity index (χ0v) is 19.7. The van der Waals surface area contributed by atoms with Crippen LogP contribution in [0.4, 0.5) is 5.00 Å². The van der Waals surface area contributed by atoms with Gasteiger partial charge in [0.15, 0.2) is 5.16 Å². The van der Waals surface area contributed by atoms with E-state index < -0.39 is 0 Å². The van der Waals surface area contributed by atoms with Crippen LogP contribution < -0.4 is 10.6 Å². The number of nitrogens with one attached hydrogen (secondary N) is 3. The fourth-order valence-electron chi connectivity index (χ4n) is 4.06. The van der Waals surface area contributed by atoms with Crippen molar-refractivity contribution in [1.29, 1.82) is 0 Å². The van der Waals surface area contributed by atoms with Crippen LogP contribution in [0.25, 0.3) is 11.0 Å². The zero-order chi connectivity index (χ0) is 22.6. The maximum atomic E-state index is 13.2. The second-order valence-electron chi connectivity index (χ2n) is 7.98. The summed E-state index contributed by atoms with van der Waals surface area (Å²) < 4.78 is 0. The lowest BCUT2D eigenvalue weighted by atomic mass is 9.95. The average molecular weight is 477 g/mol. The van der Waals surface area contributed by atoms with E-state index in [1.54, 1.807) is 11.3 Å². The molecule has 0 bridgehead atoms. The van der Waals surface area contributed by atoms with Crippen molar-refractivity contribution in [3.05, 3.63) is 76.2 Å². The number of para-hydroxylation sites is 2. The van der Waals surface area contributed by atoms with Crippen molar-refractivity contribution >= 4 is 50.9 Å². The van der Waals surface area contributed by atoms with Crippen LogP contribution in [0.5, 0.6) is 0 Å². The molecule has 2 heterocycles. The predicted molar refractivity (Wildman–Crippen MR) is 134 cm³/mol. The fraction of sp³-hybridized carbons (Fsp3) is 0.240. The number of hydrogen-bond donors (Lipinski definition) is 3. The number of carbonyl (C=O) groups is 2. The van der Waals surface area contributed by atoms with Crippen LogP contribution in [0.2, 0.25) is 0 Å². The van der Waals surface area contributed by atoms with Crippen LogP contribution in [-0.2, 0) is 24.2 Å². The van der Waals surface area contributed by atoms with Crippen LogP contribution in [0, 0.1) is 0 Å². The van der Waals surface area contributed by atoms with Crippen molar-refractivity contribution in [2.75, 3.05) is 11.1 Å². The maximum Gasteiger partial charge on any atom is 0.254 e. The highest BCUT2D eigenvalue weighted by Crippen LogP contribution is 2.38. The number of thiophene rings is 1. The molecule has 0 saturated carbocycles. The molecule has 2 amide bonds. The van der Waals surface area contributed by atoms with Gasteiger partial charge in [0.1, 0.15) is 5.00 Å². The lowest BCUT2D eigenvalue weighted by Crippen LogP contribution is -2.25. The number of hydrogen-bond acceptors (Lipinski definition) is 5. The first kappa shape index (κ1) is 21.7. The number of carbonyl (C=O) groups excluding carboxylic acids is 2. The Balaban J connectivity index is 1.29. The third-order valence-corrected chi connectivity index (χ3v) is 7.74. The Labute approximate surface area is 200 Å². The molecule has 0 unspecified atom stereocenters. The average Bonchev–Trinajstić information content (AvgIpc) is 3.42. The molecule has 4 aromatic rings. The summed E-state index contributed by atoms with van der Waals surface area (Å²) in [7, 11) is 0. The first-order valence-electron chi connectivity index (χ1n) is 11.0. The van der Waals surface area contributed by atoms with E-state index in [4.69, 9.17) is 0 Å². The summed E-state index contributed by atoms with van der Waals surface area (Å²) in [4.78, 5) is 34.9. The summed E-state index contributed by atoms with van der Waals surface area (Å²) in [5.74, 6) is -0.0531. The molecule has 2 aromatic heterocycles. The fourth-order valence-corrected chi connectivity index (χ4v) is 6.04. The van der Waals surface area contributed by atoms with Crippen molar-refractivity contribution in [2.24, 2.45) is 0 Å². The number of nitrogens with zero attached hydrogens (tertiary/aromatic N) is 1. The third kappa shape index (κ3) is 4.96. The highest BCUT2D eigenvalue weighted by atomic mass is 32.2. The lowest BCUT2D eigenvalue weighted by molar-refractivity contribution is -0.113. The highest BCUT2D eigenvalue weighted by Gasteiger charge is 2.26. The van der Waals surface area contributed by atoms with E-state index in [1.807, 2.05) is 54.6 Å². The number of anilines is 1. The monoisotopic (exact) mass is 476 g/mol. The Hall–Kier alpha value is -3.10. The van der Waals surface area contributed by atoms with Gasteiger partial charge in [-0.2, -0.15) is 0 Å². The molecule has 8 heteroatoms. The number of amides is 2. The van der Waals surface area contributed by atoms with Gasteiger partial charge in [-0.3, -0.25) is 9.59 Å². The molecule has 1 aliphatic rings. The van der Waals surface area contributed by atoms with Gasteiger partial charge in [-0.15, -0.1) is 11.3 Å². The van der Waals surface area contributed by atoms with Gasteiger partial charge in [-0.05, 0) is 48.9 Å². The van der Waals surface area contributed by atoms with Gasteiger partial charge >= 0.3 is 0 Å². The normalized spacial score (nSPS) is 13.0. The maximum absolute atomic E-state index is 13.2. The molecular weight excluding hydrogens is 452 g/mol. The molecule has 0 atom stereocenters. The van der Waals surface area contributed by atoms with E-state index in [9.17, 15) is 9.59 Å². The van der Waals surface area contributed by atoms with E-state index in [-0.39, 0.29) is 17.6 Å².